The molecule has 0 saturated heterocycles. The van der Waals surface area contributed by atoms with Crippen LogP contribution in [-0.2, 0) is 0 Å². The van der Waals surface area contributed by atoms with Crippen LogP contribution < -0.4 is 5.32 Å². The third-order valence-corrected chi connectivity index (χ3v) is 4.94. The lowest BCUT2D eigenvalue weighted by molar-refractivity contribution is 0.102. The lowest BCUT2D eigenvalue weighted by atomic mass is 10.1. The number of amides is 1. The van der Waals surface area contributed by atoms with Crippen LogP contribution in [0.1, 0.15) is 10.4 Å². The molecular weight excluding hydrogens is 354 g/mol. The maximum Gasteiger partial charge on any atom is 0.258 e. The molecule has 0 fully saturated rings. The fraction of sp³-hybridized carbons (Fsp3) is 0. The van der Waals surface area contributed by atoms with Gasteiger partial charge in [-0.15, -0.1) is 11.3 Å². The number of aromatic nitrogens is 1. The molecule has 0 saturated carbocycles. The van der Waals surface area contributed by atoms with Crippen LogP contribution >= 0.6 is 11.3 Å². The Morgan fingerprint density at radius 3 is 2.46 bits per heavy atom. The Morgan fingerprint density at radius 1 is 0.962 bits per heavy atom. The van der Waals surface area contributed by atoms with Crippen molar-refractivity contribution >= 4 is 33.1 Å². The first-order valence-electron chi connectivity index (χ1n) is 7.82. The van der Waals surface area contributed by atoms with Crippen LogP contribution in [0.3, 0.4) is 0 Å². The Balaban J connectivity index is 1.55. The minimum atomic E-state index is -0.895. The number of hydrogen-bond acceptors (Lipinski definition) is 3. The van der Waals surface area contributed by atoms with Crippen LogP contribution in [0.15, 0.2) is 66.7 Å². The summed E-state index contributed by atoms with van der Waals surface area (Å²) in [6.07, 6.45) is 0. The van der Waals surface area contributed by atoms with E-state index in [1.165, 1.54) is 0 Å². The van der Waals surface area contributed by atoms with Crippen LogP contribution in [-0.4, -0.2) is 10.9 Å². The lowest BCUT2D eigenvalue weighted by Crippen LogP contribution is -2.13. The topological polar surface area (TPSA) is 42.0 Å². The molecule has 1 amide bonds. The monoisotopic (exact) mass is 366 g/mol. The van der Waals surface area contributed by atoms with Gasteiger partial charge in [-0.3, -0.25) is 4.79 Å². The van der Waals surface area contributed by atoms with E-state index in [4.69, 9.17) is 0 Å². The quantitative estimate of drug-likeness (QED) is 0.521. The van der Waals surface area contributed by atoms with E-state index < -0.39 is 17.5 Å². The van der Waals surface area contributed by atoms with E-state index in [0.717, 1.165) is 32.9 Å². The minimum Gasteiger partial charge on any atom is -0.322 e. The lowest BCUT2D eigenvalue weighted by Gasteiger charge is -2.07. The molecule has 1 N–H and O–H groups in total. The molecule has 0 aliphatic carbocycles. The van der Waals surface area contributed by atoms with Crippen molar-refractivity contribution in [2.75, 3.05) is 5.32 Å². The highest BCUT2D eigenvalue weighted by molar-refractivity contribution is 7.21. The largest absolute Gasteiger partial charge is 0.322 e. The van der Waals surface area contributed by atoms with Crippen LogP contribution in [0.2, 0.25) is 0 Å². The van der Waals surface area contributed by atoms with Gasteiger partial charge in [0, 0.05) is 17.3 Å². The maximum atomic E-state index is 13.7. The Bertz CT molecular complexity index is 1070. The number of nitrogens with zero attached hydrogens (tertiary/aromatic N) is 1. The molecule has 1 heterocycles. The number of halogens is 2. The molecule has 0 aliphatic heterocycles. The predicted octanol–water partition coefficient (Wildman–Crippen LogP) is 5.49. The summed E-state index contributed by atoms with van der Waals surface area (Å²) in [6, 6.07) is 17.9. The van der Waals surface area contributed by atoms with E-state index in [-0.39, 0.29) is 5.56 Å². The van der Waals surface area contributed by atoms with Gasteiger partial charge in [-0.25, -0.2) is 13.8 Å². The van der Waals surface area contributed by atoms with E-state index >= 15 is 0 Å². The van der Waals surface area contributed by atoms with Gasteiger partial charge in [-0.1, -0.05) is 12.1 Å². The first-order valence-corrected chi connectivity index (χ1v) is 8.64. The van der Waals surface area contributed by atoms with Gasteiger partial charge in [-0.05, 0) is 48.5 Å². The van der Waals surface area contributed by atoms with E-state index in [1.54, 1.807) is 23.5 Å². The first-order chi connectivity index (χ1) is 12.6. The van der Waals surface area contributed by atoms with Gasteiger partial charge in [0.25, 0.3) is 5.91 Å². The molecule has 3 aromatic carbocycles. The Hall–Kier alpha value is -3.12. The second-order valence-electron chi connectivity index (χ2n) is 5.64. The summed E-state index contributed by atoms with van der Waals surface area (Å²) < 4.78 is 27.7. The van der Waals surface area contributed by atoms with Gasteiger partial charge in [0.05, 0.1) is 15.8 Å². The zero-order valence-electron chi connectivity index (χ0n) is 13.4. The number of thiazole rings is 1. The molecule has 128 valence electrons. The van der Waals surface area contributed by atoms with Crippen LogP contribution in [0, 0.1) is 11.6 Å². The summed E-state index contributed by atoms with van der Waals surface area (Å²) in [6.45, 7) is 0. The summed E-state index contributed by atoms with van der Waals surface area (Å²) in [5.74, 6) is -2.25. The standard InChI is InChI=1S/C20H12F2N2OS/c21-13-7-10-15(16(22)11-13)19(25)23-14-8-5-12(6-9-14)20-24-17-3-1-2-4-18(17)26-20/h1-11H,(H,23,25). The van der Waals surface area contributed by atoms with E-state index in [2.05, 4.69) is 10.3 Å². The number of carbonyl (C=O) groups excluding carboxylic acids is 1. The van der Waals surface area contributed by atoms with Crippen molar-refractivity contribution in [2.24, 2.45) is 0 Å². The molecule has 0 radical (unpaired) electrons. The molecule has 0 bridgehead atoms. The highest BCUT2D eigenvalue weighted by Crippen LogP contribution is 2.30. The van der Waals surface area contributed by atoms with E-state index in [9.17, 15) is 13.6 Å². The normalized spacial score (nSPS) is 10.8. The average molecular weight is 366 g/mol. The minimum absolute atomic E-state index is 0.207. The van der Waals surface area contributed by atoms with Crippen molar-refractivity contribution in [1.82, 2.24) is 4.98 Å². The SMILES string of the molecule is O=C(Nc1ccc(-c2nc3ccccc3s2)cc1)c1ccc(F)cc1F. The second-order valence-corrected chi connectivity index (χ2v) is 6.67. The summed E-state index contributed by atoms with van der Waals surface area (Å²) >= 11 is 1.59. The molecule has 6 heteroatoms. The highest BCUT2D eigenvalue weighted by Gasteiger charge is 2.13. The molecule has 1 aromatic heterocycles. The van der Waals surface area contributed by atoms with Crippen molar-refractivity contribution < 1.29 is 13.6 Å². The van der Waals surface area contributed by atoms with Gasteiger partial charge < -0.3 is 5.32 Å². The summed E-state index contributed by atoms with van der Waals surface area (Å²) in [5.41, 5.74) is 2.18. The first kappa shape index (κ1) is 16.4. The molecule has 0 aliphatic rings. The number of nitrogens with one attached hydrogen (secondary N) is 1. The van der Waals surface area contributed by atoms with E-state index in [1.807, 2.05) is 36.4 Å². The summed E-state index contributed by atoms with van der Waals surface area (Å²) in [4.78, 5) is 16.7. The fourth-order valence-corrected chi connectivity index (χ4v) is 3.53. The molecule has 0 spiro atoms. The average Bonchev–Trinajstić information content (AvgIpc) is 3.06. The number of para-hydroxylation sites is 1. The smallest absolute Gasteiger partial charge is 0.258 e. The van der Waals surface area contributed by atoms with Gasteiger partial charge in [0.15, 0.2) is 0 Å². The van der Waals surface area contributed by atoms with Crippen LogP contribution in [0.4, 0.5) is 14.5 Å². The Kier molecular flexibility index (Phi) is 4.18. The van der Waals surface area contributed by atoms with Crippen molar-refractivity contribution in [3.8, 4) is 10.6 Å². The Morgan fingerprint density at radius 2 is 1.73 bits per heavy atom. The third-order valence-electron chi connectivity index (χ3n) is 3.86. The summed E-state index contributed by atoms with van der Waals surface area (Å²) in [5, 5.41) is 3.49. The molecule has 0 unspecified atom stereocenters. The van der Waals surface area contributed by atoms with Crippen LogP contribution in [0.5, 0.6) is 0 Å². The summed E-state index contributed by atoms with van der Waals surface area (Å²) in [7, 11) is 0. The number of rotatable bonds is 3. The van der Waals surface area contributed by atoms with Crippen LogP contribution in [0.25, 0.3) is 20.8 Å². The molecular formula is C20H12F2N2OS. The zero-order valence-corrected chi connectivity index (χ0v) is 14.2. The number of carbonyl (C=O) groups is 1. The maximum absolute atomic E-state index is 13.7. The number of hydrogen-bond donors (Lipinski definition) is 1. The Labute approximate surface area is 151 Å². The molecule has 4 rings (SSSR count). The van der Waals surface area contributed by atoms with E-state index in [0.29, 0.717) is 11.8 Å². The van der Waals surface area contributed by atoms with Crippen molar-refractivity contribution in [2.45, 2.75) is 0 Å². The second kappa shape index (κ2) is 6.65. The van der Waals surface area contributed by atoms with Crippen molar-refractivity contribution in [3.05, 3.63) is 83.9 Å². The molecule has 26 heavy (non-hydrogen) atoms. The molecule has 0 atom stereocenters. The van der Waals surface area contributed by atoms with Crippen molar-refractivity contribution in [1.29, 1.82) is 0 Å². The van der Waals surface area contributed by atoms with Gasteiger partial charge >= 0.3 is 0 Å². The highest BCUT2D eigenvalue weighted by atomic mass is 32.1. The number of benzene rings is 3. The predicted molar refractivity (Wildman–Crippen MR) is 99.4 cm³/mol. The number of fused-ring (bicyclic) bond motifs is 1. The number of anilines is 1. The van der Waals surface area contributed by atoms with Gasteiger partial charge in [-0.2, -0.15) is 0 Å². The molecule has 3 nitrogen and oxygen atoms in total. The third kappa shape index (κ3) is 3.19. The van der Waals surface area contributed by atoms with Crippen molar-refractivity contribution in [3.63, 3.8) is 0 Å². The zero-order chi connectivity index (χ0) is 18.1. The molecule has 4 aromatic rings. The van der Waals surface area contributed by atoms with Gasteiger partial charge in [0.2, 0.25) is 0 Å². The fourth-order valence-electron chi connectivity index (χ4n) is 2.56. The van der Waals surface area contributed by atoms with Gasteiger partial charge in [0.1, 0.15) is 16.6 Å².